The van der Waals surface area contributed by atoms with E-state index in [0.29, 0.717) is 11.3 Å². The average molecular weight is 398 g/mol. The predicted molar refractivity (Wildman–Crippen MR) is 96.7 cm³/mol. The summed E-state index contributed by atoms with van der Waals surface area (Å²) in [7, 11) is 0. The lowest BCUT2D eigenvalue weighted by atomic mass is 10.2. The van der Waals surface area contributed by atoms with E-state index in [4.69, 9.17) is 4.74 Å². The third-order valence-electron chi connectivity index (χ3n) is 3.52. The minimum absolute atomic E-state index is 0.0206. The van der Waals surface area contributed by atoms with Crippen molar-refractivity contribution in [1.29, 1.82) is 0 Å². The van der Waals surface area contributed by atoms with Crippen molar-refractivity contribution in [3.05, 3.63) is 65.1 Å². The van der Waals surface area contributed by atoms with Crippen LogP contribution in [-0.4, -0.2) is 35.6 Å². The van der Waals surface area contributed by atoms with E-state index in [-0.39, 0.29) is 24.1 Å². The molecular formula is C19H18F4N2O3. The number of nitrogens with zero attached hydrogens (tertiary/aromatic N) is 2. The summed E-state index contributed by atoms with van der Waals surface area (Å²) in [6.07, 6.45) is -1.25. The van der Waals surface area contributed by atoms with Crippen LogP contribution in [-0.2, 0) is 0 Å². The maximum absolute atomic E-state index is 12.6. The van der Waals surface area contributed by atoms with Crippen molar-refractivity contribution >= 4 is 5.57 Å². The topological polar surface area (TPSA) is 53.4 Å². The molecule has 1 aromatic carbocycles. The zero-order valence-electron chi connectivity index (χ0n) is 15.0. The van der Waals surface area contributed by atoms with Gasteiger partial charge in [-0.3, -0.25) is 4.79 Å². The molecule has 1 aromatic heterocycles. The van der Waals surface area contributed by atoms with Gasteiger partial charge in [0.15, 0.2) is 6.61 Å². The minimum atomic E-state index is -4.46. The molecule has 0 fully saturated rings. The van der Waals surface area contributed by atoms with Crippen LogP contribution in [0.4, 0.5) is 17.6 Å². The summed E-state index contributed by atoms with van der Waals surface area (Å²) in [5, 5.41) is 0. The molecule has 0 aliphatic carbocycles. The Labute approximate surface area is 158 Å². The molecule has 0 amide bonds. The van der Waals surface area contributed by atoms with Gasteiger partial charge in [0.1, 0.15) is 19.0 Å². The molecule has 5 nitrogen and oxygen atoms in total. The third-order valence-corrected chi connectivity index (χ3v) is 3.52. The Morgan fingerprint density at radius 3 is 2.46 bits per heavy atom. The maximum atomic E-state index is 12.6. The van der Waals surface area contributed by atoms with Gasteiger partial charge in [-0.25, -0.2) is 8.96 Å². The van der Waals surface area contributed by atoms with Crippen molar-refractivity contribution in [3.8, 4) is 17.4 Å². The summed E-state index contributed by atoms with van der Waals surface area (Å²) >= 11 is 0. The zero-order chi connectivity index (χ0) is 20.7. The van der Waals surface area contributed by atoms with Crippen LogP contribution in [0.1, 0.15) is 12.6 Å². The summed E-state index contributed by atoms with van der Waals surface area (Å²) in [6.45, 7) is 2.85. The molecule has 1 heterocycles. The second-order valence-electron chi connectivity index (χ2n) is 5.48. The number of aromatic nitrogens is 2. The number of halogens is 4. The molecule has 0 atom stereocenters. The highest BCUT2D eigenvalue weighted by Gasteiger charge is 2.28. The van der Waals surface area contributed by atoms with Crippen LogP contribution in [0.15, 0.2) is 53.9 Å². The van der Waals surface area contributed by atoms with E-state index < -0.39 is 25.0 Å². The Kier molecular flexibility index (Phi) is 6.97. The van der Waals surface area contributed by atoms with E-state index in [1.54, 1.807) is 13.0 Å². The summed E-state index contributed by atoms with van der Waals surface area (Å²) in [4.78, 5) is 16.8. The largest absolute Gasteiger partial charge is 0.484 e. The third kappa shape index (κ3) is 5.45. The standard InChI is InChI=1S/C19H18F4N2O3/c1-3-13(4-2)16-11-17(26)25(18(24-16)27-10-9-20)14-5-7-15(8-6-14)28-12-19(21,22)23/h3-8,11H,1,9-10,12H2,2H3/b13-4+. The van der Waals surface area contributed by atoms with Gasteiger partial charge in [0, 0.05) is 6.07 Å². The van der Waals surface area contributed by atoms with Crippen LogP contribution < -0.4 is 15.0 Å². The summed E-state index contributed by atoms with van der Waals surface area (Å²) in [5.74, 6) is -0.0206. The lowest BCUT2D eigenvalue weighted by Gasteiger charge is -2.14. The van der Waals surface area contributed by atoms with Crippen molar-refractivity contribution < 1.29 is 27.0 Å². The van der Waals surface area contributed by atoms with E-state index in [2.05, 4.69) is 16.3 Å². The van der Waals surface area contributed by atoms with Crippen molar-refractivity contribution in [2.24, 2.45) is 0 Å². The summed E-state index contributed by atoms with van der Waals surface area (Å²) in [6, 6.07) is 6.42. The van der Waals surface area contributed by atoms with Crippen LogP contribution in [0.2, 0.25) is 0 Å². The van der Waals surface area contributed by atoms with Gasteiger partial charge in [0.05, 0.1) is 11.4 Å². The monoisotopic (exact) mass is 398 g/mol. The fourth-order valence-electron chi connectivity index (χ4n) is 2.30. The molecule has 0 N–H and O–H groups in total. The lowest BCUT2D eigenvalue weighted by molar-refractivity contribution is -0.153. The number of hydrogen-bond donors (Lipinski definition) is 0. The molecule has 0 radical (unpaired) electrons. The van der Waals surface area contributed by atoms with Crippen molar-refractivity contribution in [2.75, 3.05) is 19.9 Å². The minimum Gasteiger partial charge on any atom is -0.484 e. The van der Waals surface area contributed by atoms with E-state index in [0.717, 1.165) is 4.57 Å². The van der Waals surface area contributed by atoms with Crippen molar-refractivity contribution in [2.45, 2.75) is 13.1 Å². The van der Waals surface area contributed by atoms with Gasteiger partial charge in [-0.1, -0.05) is 18.7 Å². The highest BCUT2D eigenvalue weighted by atomic mass is 19.4. The Morgan fingerprint density at radius 1 is 1.25 bits per heavy atom. The normalized spacial score (nSPS) is 12.0. The number of hydrogen-bond acceptors (Lipinski definition) is 4. The first-order valence-electron chi connectivity index (χ1n) is 8.21. The van der Waals surface area contributed by atoms with Crippen LogP contribution in [0.5, 0.6) is 11.8 Å². The molecule has 0 aliphatic heterocycles. The first-order valence-corrected chi connectivity index (χ1v) is 8.21. The smallest absolute Gasteiger partial charge is 0.422 e. The summed E-state index contributed by atoms with van der Waals surface area (Å²) in [5.41, 5.74) is 0.657. The lowest BCUT2D eigenvalue weighted by Crippen LogP contribution is -2.23. The molecule has 0 spiro atoms. The molecule has 2 rings (SSSR count). The van der Waals surface area contributed by atoms with Crippen LogP contribution >= 0.6 is 0 Å². The maximum Gasteiger partial charge on any atom is 0.422 e. The molecule has 150 valence electrons. The van der Waals surface area contributed by atoms with E-state index >= 15 is 0 Å². The molecular weight excluding hydrogens is 380 g/mol. The van der Waals surface area contributed by atoms with Crippen LogP contribution in [0.3, 0.4) is 0 Å². The number of benzene rings is 1. The molecule has 2 aromatic rings. The number of allylic oxidation sites excluding steroid dienone is 3. The van der Waals surface area contributed by atoms with Gasteiger partial charge in [-0.2, -0.15) is 18.2 Å². The Bertz CT molecular complexity index is 903. The Hall–Kier alpha value is -3.10. The van der Waals surface area contributed by atoms with Crippen molar-refractivity contribution in [3.63, 3.8) is 0 Å². The quantitative estimate of drug-likeness (QED) is 0.496. The van der Waals surface area contributed by atoms with Gasteiger partial charge in [-0.05, 0) is 36.8 Å². The SMILES string of the molecule is C=C/C(=C\C)c1cc(=O)n(-c2ccc(OCC(F)(F)F)cc2)c(OCCF)n1. The fraction of sp³-hybridized carbons (Fsp3) is 0.263. The van der Waals surface area contributed by atoms with Gasteiger partial charge < -0.3 is 9.47 Å². The molecule has 9 heteroatoms. The molecule has 0 aliphatic rings. The highest BCUT2D eigenvalue weighted by molar-refractivity contribution is 5.70. The molecule has 0 unspecified atom stereocenters. The molecule has 0 saturated carbocycles. The number of ether oxygens (including phenoxy) is 2. The number of rotatable bonds is 8. The first-order chi connectivity index (χ1) is 13.3. The second kappa shape index (κ2) is 9.20. The zero-order valence-corrected chi connectivity index (χ0v) is 15.0. The van der Waals surface area contributed by atoms with Gasteiger partial charge in [-0.15, -0.1) is 0 Å². The highest BCUT2D eigenvalue weighted by Crippen LogP contribution is 2.22. The van der Waals surface area contributed by atoms with Crippen LogP contribution in [0, 0.1) is 0 Å². The molecule has 28 heavy (non-hydrogen) atoms. The number of alkyl halides is 4. The van der Waals surface area contributed by atoms with Crippen molar-refractivity contribution in [1.82, 2.24) is 9.55 Å². The molecule has 0 saturated heterocycles. The first kappa shape index (κ1) is 21.2. The Morgan fingerprint density at radius 2 is 1.93 bits per heavy atom. The summed E-state index contributed by atoms with van der Waals surface area (Å²) < 4.78 is 60.2. The predicted octanol–water partition coefficient (Wildman–Crippen LogP) is 4.11. The average Bonchev–Trinajstić information content (AvgIpc) is 2.65. The second-order valence-corrected chi connectivity index (χ2v) is 5.48. The fourth-order valence-corrected chi connectivity index (χ4v) is 2.30. The van der Waals surface area contributed by atoms with E-state index in [1.807, 2.05) is 0 Å². The van der Waals surface area contributed by atoms with Crippen LogP contribution in [0.25, 0.3) is 11.3 Å². The van der Waals surface area contributed by atoms with Gasteiger partial charge >= 0.3 is 12.2 Å². The molecule has 0 bridgehead atoms. The van der Waals surface area contributed by atoms with E-state index in [9.17, 15) is 22.4 Å². The van der Waals surface area contributed by atoms with Gasteiger partial charge in [0.2, 0.25) is 0 Å². The van der Waals surface area contributed by atoms with E-state index in [1.165, 1.54) is 36.4 Å². The Balaban J connectivity index is 2.43. The van der Waals surface area contributed by atoms with Gasteiger partial charge in [0.25, 0.3) is 5.56 Å².